The van der Waals surface area contributed by atoms with Gasteiger partial charge in [-0.2, -0.15) is 15.2 Å². The third-order valence-corrected chi connectivity index (χ3v) is 13.3. The number of carbonyl (C=O) groups excluding carboxylic acids is 1. The molecular weight excluding hydrogens is 756 g/mol. The van der Waals surface area contributed by atoms with Crippen LogP contribution in [-0.2, 0) is 4.79 Å². The smallest absolute Gasteiger partial charge is 0.319 e. The Labute approximate surface area is 314 Å². The van der Waals surface area contributed by atoms with Crippen LogP contribution in [0, 0.1) is 34.3 Å². The number of fused-ring (bicyclic) bond motifs is 3. The van der Waals surface area contributed by atoms with Crippen LogP contribution in [0.4, 0.5) is 37.2 Å². The molecule has 6 heterocycles. The van der Waals surface area contributed by atoms with Crippen molar-refractivity contribution in [1.82, 2.24) is 19.8 Å². The van der Waals surface area contributed by atoms with Gasteiger partial charge in [0.05, 0.1) is 27.4 Å². The zero-order valence-corrected chi connectivity index (χ0v) is 30.4. The summed E-state index contributed by atoms with van der Waals surface area (Å²) < 4.78 is 96.2. The van der Waals surface area contributed by atoms with E-state index in [2.05, 4.69) is 4.98 Å². The third kappa shape index (κ3) is 5.63. The number of hydrogen-bond donors (Lipinski definition) is 1. The van der Waals surface area contributed by atoms with Crippen molar-refractivity contribution in [2.45, 2.75) is 62.3 Å². The van der Waals surface area contributed by atoms with Gasteiger partial charge in [0.1, 0.15) is 53.1 Å². The number of carbonyl (C=O) groups is 1. The number of anilines is 2. The van der Waals surface area contributed by atoms with Gasteiger partial charge in [0, 0.05) is 60.8 Å². The SMILES string of the molecule is N#Cc1c(N)sc2c(F)ccc(-c3c(Cl)cc4c(N5CC(F)CCC6(CN(C(=O)[C@@H]7CC7(F)F)C6)C5)nc(OC[C@@]56CCCN5C[C@H](F)C6)nc4c3F)c12. The van der Waals surface area contributed by atoms with Crippen LogP contribution in [0.5, 0.6) is 6.01 Å². The van der Waals surface area contributed by atoms with Gasteiger partial charge in [-0.1, -0.05) is 17.7 Å². The second-order valence-electron chi connectivity index (χ2n) is 15.6. The van der Waals surface area contributed by atoms with Crippen molar-refractivity contribution < 1.29 is 35.9 Å². The zero-order chi connectivity index (χ0) is 37.9. The first-order valence-electron chi connectivity index (χ1n) is 17.9. The number of rotatable bonds is 6. The van der Waals surface area contributed by atoms with Crippen LogP contribution >= 0.6 is 22.9 Å². The lowest BCUT2D eigenvalue weighted by Crippen LogP contribution is -2.62. The number of aromatic nitrogens is 2. The lowest BCUT2D eigenvalue weighted by molar-refractivity contribution is -0.147. The summed E-state index contributed by atoms with van der Waals surface area (Å²) in [5, 5.41) is 10.1. The summed E-state index contributed by atoms with van der Waals surface area (Å²) >= 11 is 7.71. The number of ether oxygens (including phenoxy) is 1. The van der Waals surface area contributed by atoms with E-state index in [1.807, 2.05) is 11.0 Å². The maximum absolute atomic E-state index is 17.2. The number of halogens is 7. The summed E-state index contributed by atoms with van der Waals surface area (Å²) in [5.41, 5.74) is 4.50. The van der Waals surface area contributed by atoms with Gasteiger partial charge in [-0.05, 0) is 49.9 Å². The molecule has 0 radical (unpaired) electrons. The van der Waals surface area contributed by atoms with E-state index in [1.165, 1.54) is 17.0 Å². The third-order valence-electron chi connectivity index (χ3n) is 12.0. The Balaban J connectivity index is 1.15. The molecule has 284 valence electrons. The van der Waals surface area contributed by atoms with Crippen molar-refractivity contribution in [3.05, 3.63) is 40.4 Å². The molecule has 2 aromatic heterocycles. The van der Waals surface area contributed by atoms with E-state index in [0.717, 1.165) is 23.8 Å². The summed E-state index contributed by atoms with van der Waals surface area (Å²) in [6, 6.07) is 5.64. The standard InChI is InChI=1S/C37H34ClF6N7O2S/c38-24-8-21-29(28(42)27(24)20-2-3-25(41)30-26(20)22(11-45)31(46)54-30)47-34(53-17-36-5-1-7-51(36)13-19(40)9-36)48-32(21)49-12-18(39)4-6-35(14-49)15-50(16-35)33(52)23-10-37(23,43)44/h2-3,8,18-19,23H,1,4-7,9-10,12-17,46H2/t18?,19-,23+,36+/m1/s1. The number of alkyl halides is 4. The van der Waals surface area contributed by atoms with Crippen LogP contribution in [0.15, 0.2) is 18.2 Å². The van der Waals surface area contributed by atoms with Gasteiger partial charge in [-0.3, -0.25) is 9.69 Å². The minimum atomic E-state index is -3.01. The van der Waals surface area contributed by atoms with Crippen molar-refractivity contribution in [2.75, 3.05) is 56.5 Å². The number of amides is 1. The van der Waals surface area contributed by atoms with E-state index < -0.39 is 59.1 Å². The molecule has 1 amide bonds. The highest BCUT2D eigenvalue weighted by Crippen LogP contribution is 2.52. The van der Waals surface area contributed by atoms with E-state index >= 15 is 8.78 Å². The minimum Gasteiger partial charge on any atom is -0.461 e. The van der Waals surface area contributed by atoms with E-state index in [9.17, 15) is 27.6 Å². The van der Waals surface area contributed by atoms with Crippen LogP contribution in [0.3, 0.4) is 0 Å². The second-order valence-corrected chi connectivity index (χ2v) is 17.1. The van der Waals surface area contributed by atoms with Gasteiger partial charge in [0.2, 0.25) is 5.91 Å². The molecule has 2 N–H and O–H groups in total. The molecule has 4 atom stereocenters. The Morgan fingerprint density at radius 1 is 1.11 bits per heavy atom. The fourth-order valence-electron chi connectivity index (χ4n) is 9.25. The number of likely N-dealkylation sites (tertiary alicyclic amines) is 1. The van der Waals surface area contributed by atoms with Crippen LogP contribution < -0.4 is 15.4 Å². The minimum absolute atomic E-state index is 0.0251. The van der Waals surface area contributed by atoms with E-state index in [0.29, 0.717) is 19.4 Å². The van der Waals surface area contributed by atoms with Crippen molar-refractivity contribution >= 4 is 60.7 Å². The molecule has 4 aliphatic heterocycles. The number of nitriles is 1. The first-order chi connectivity index (χ1) is 25.7. The lowest BCUT2D eigenvalue weighted by Gasteiger charge is -2.51. The fourth-order valence-corrected chi connectivity index (χ4v) is 10.5. The molecule has 9 nitrogen and oxygen atoms in total. The number of nitrogens with two attached hydrogens (primary N) is 1. The molecule has 1 aliphatic carbocycles. The van der Waals surface area contributed by atoms with E-state index in [-0.39, 0.29) is 112 Å². The number of benzene rings is 2. The van der Waals surface area contributed by atoms with Crippen LogP contribution in [0.25, 0.3) is 32.1 Å². The monoisotopic (exact) mass is 789 g/mol. The first kappa shape index (κ1) is 35.6. The molecule has 0 bridgehead atoms. The fraction of sp³-hybridized carbons (Fsp3) is 0.514. The predicted molar refractivity (Wildman–Crippen MR) is 191 cm³/mol. The van der Waals surface area contributed by atoms with Gasteiger partial charge in [0.15, 0.2) is 5.82 Å². The molecule has 5 aliphatic rings. The molecule has 54 heavy (non-hydrogen) atoms. The normalized spacial score (nSPS) is 27.3. The molecule has 2 aromatic carbocycles. The highest BCUT2D eigenvalue weighted by Gasteiger charge is 2.64. The van der Waals surface area contributed by atoms with Gasteiger partial charge >= 0.3 is 6.01 Å². The molecule has 4 saturated heterocycles. The average molecular weight is 790 g/mol. The average Bonchev–Trinajstić information content (AvgIpc) is 3.30. The molecule has 5 fully saturated rings. The van der Waals surface area contributed by atoms with Crippen molar-refractivity contribution in [3.63, 3.8) is 0 Å². The highest BCUT2D eigenvalue weighted by atomic mass is 35.5. The molecule has 1 saturated carbocycles. The van der Waals surface area contributed by atoms with Crippen LogP contribution in [-0.4, -0.2) is 95.4 Å². The van der Waals surface area contributed by atoms with Crippen molar-refractivity contribution in [3.8, 4) is 23.2 Å². The number of thiophene rings is 1. The van der Waals surface area contributed by atoms with Crippen LogP contribution in [0.2, 0.25) is 5.02 Å². The lowest BCUT2D eigenvalue weighted by atomic mass is 9.75. The zero-order valence-electron chi connectivity index (χ0n) is 28.8. The maximum Gasteiger partial charge on any atom is 0.319 e. The predicted octanol–water partition coefficient (Wildman–Crippen LogP) is 7.27. The molecule has 1 spiro atoms. The summed E-state index contributed by atoms with van der Waals surface area (Å²) in [6.45, 7) is 1.34. The quantitative estimate of drug-likeness (QED) is 0.203. The van der Waals surface area contributed by atoms with Gasteiger partial charge < -0.3 is 20.3 Å². The summed E-state index contributed by atoms with van der Waals surface area (Å²) in [5.74, 6) is -6.43. The van der Waals surface area contributed by atoms with E-state index in [1.54, 1.807) is 4.90 Å². The molecule has 4 aromatic rings. The van der Waals surface area contributed by atoms with Gasteiger partial charge in [0.25, 0.3) is 5.92 Å². The van der Waals surface area contributed by atoms with Crippen LogP contribution in [0.1, 0.15) is 44.1 Å². The van der Waals surface area contributed by atoms with Gasteiger partial charge in [-0.25, -0.2) is 26.3 Å². The Bertz CT molecular complexity index is 2280. The maximum atomic E-state index is 17.2. The summed E-state index contributed by atoms with van der Waals surface area (Å²) in [7, 11) is 0. The van der Waals surface area contributed by atoms with Gasteiger partial charge in [-0.15, -0.1) is 11.3 Å². The summed E-state index contributed by atoms with van der Waals surface area (Å²) in [6.07, 6.45) is -0.524. The molecule has 1 unspecified atom stereocenters. The summed E-state index contributed by atoms with van der Waals surface area (Å²) in [4.78, 5) is 27.1. The topological polar surface area (TPSA) is 112 Å². The number of nitrogens with zero attached hydrogens (tertiary/aromatic N) is 6. The first-order valence-corrected chi connectivity index (χ1v) is 19.1. The Hall–Kier alpha value is -4.07. The molecule has 17 heteroatoms. The Morgan fingerprint density at radius 3 is 2.63 bits per heavy atom. The van der Waals surface area contributed by atoms with Crippen molar-refractivity contribution in [2.24, 2.45) is 11.3 Å². The molecular formula is C37H34ClF6N7O2S. The number of hydrogen-bond acceptors (Lipinski definition) is 9. The largest absolute Gasteiger partial charge is 0.461 e. The number of nitrogen functional groups attached to an aromatic ring is 1. The highest BCUT2D eigenvalue weighted by molar-refractivity contribution is 7.23. The Morgan fingerprint density at radius 2 is 1.89 bits per heavy atom. The molecule has 9 rings (SSSR count). The second kappa shape index (κ2) is 12.5. The van der Waals surface area contributed by atoms with E-state index in [4.69, 9.17) is 27.1 Å². The van der Waals surface area contributed by atoms with Crippen molar-refractivity contribution in [1.29, 1.82) is 5.26 Å². The Kier molecular flexibility index (Phi) is 8.23.